The predicted octanol–water partition coefficient (Wildman–Crippen LogP) is 7.02. The molecule has 34 heavy (non-hydrogen) atoms. The highest BCUT2D eigenvalue weighted by Crippen LogP contribution is 2.39. The van der Waals surface area contributed by atoms with Crippen LogP contribution in [0.3, 0.4) is 0 Å². The summed E-state index contributed by atoms with van der Waals surface area (Å²) in [6.07, 6.45) is 6.99. The molecule has 0 heterocycles. The van der Waals surface area contributed by atoms with E-state index in [9.17, 15) is 15.0 Å². The monoisotopic (exact) mass is 456 g/mol. The molecule has 0 spiro atoms. The van der Waals surface area contributed by atoms with E-state index in [1.807, 2.05) is 24.3 Å². The van der Waals surface area contributed by atoms with Crippen LogP contribution in [-0.2, 0) is 9.53 Å². The van der Waals surface area contributed by atoms with E-state index in [4.69, 9.17) is 4.74 Å². The third-order valence-corrected chi connectivity index (χ3v) is 5.82. The average Bonchev–Trinajstić information content (AvgIpc) is 3.71. The number of methoxy groups -OCH3 is 1. The molecule has 2 aromatic carbocycles. The Labute approximate surface area is 201 Å². The van der Waals surface area contributed by atoms with Gasteiger partial charge in [-0.25, -0.2) is 0 Å². The highest BCUT2D eigenvalue weighted by atomic mass is 16.5. The van der Waals surface area contributed by atoms with E-state index < -0.39 is 0 Å². The van der Waals surface area contributed by atoms with Gasteiger partial charge in [-0.05, 0) is 101 Å². The summed E-state index contributed by atoms with van der Waals surface area (Å²) in [6.45, 7) is 11.3. The van der Waals surface area contributed by atoms with E-state index in [0.717, 1.165) is 60.0 Å². The van der Waals surface area contributed by atoms with Crippen LogP contribution in [0.4, 0.5) is 0 Å². The Balaban J connectivity index is 0.000000574. The quantitative estimate of drug-likeness (QED) is 0.331. The standard InChI is InChI=1S/C25H26O4.C5H6/c1-17-15-21(17)16-20(5-3-4-6-24(28)29-2)25(18-7-11-22(26)12-8-18)19-9-13-23(27)14-10-19;1-4-3-5(4)2/h7-14,16,26-27H,1,3-6,15H2,2H3;1-3H2/b21-16+;. The second-order valence-corrected chi connectivity index (χ2v) is 8.61. The zero-order valence-corrected chi connectivity index (χ0v) is 19.8. The molecule has 4 nitrogen and oxygen atoms in total. The van der Waals surface area contributed by atoms with Crippen LogP contribution >= 0.6 is 0 Å². The molecule has 0 amide bonds. The summed E-state index contributed by atoms with van der Waals surface area (Å²) in [5.41, 5.74) is 9.01. The Hall–Kier alpha value is -3.79. The number of benzene rings is 2. The largest absolute Gasteiger partial charge is 0.508 e. The van der Waals surface area contributed by atoms with E-state index in [0.29, 0.717) is 6.42 Å². The van der Waals surface area contributed by atoms with Crippen molar-refractivity contribution in [2.24, 2.45) is 0 Å². The van der Waals surface area contributed by atoms with Gasteiger partial charge in [-0.1, -0.05) is 50.1 Å². The van der Waals surface area contributed by atoms with Crippen LogP contribution in [0.5, 0.6) is 11.5 Å². The van der Waals surface area contributed by atoms with E-state index in [1.165, 1.54) is 23.8 Å². The minimum atomic E-state index is -0.193. The third kappa shape index (κ3) is 7.38. The number of rotatable bonds is 8. The molecular weight excluding hydrogens is 424 g/mol. The molecule has 0 radical (unpaired) electrons. The minimum absolute atomic E-state index is 0.193. The number of unbranched alkanes of at least 4 members (excludes halogenated alkanes) is 1. The van der Waals surface area contributed by atoms with Gasteiger partial charge in [-0.2, -0.15) is 0 Å². The van der Waals surface area contributed by atoms with Crippen LogP contribution in [-0.4, -0.2) is 23.3 Å². The minimum Gasteiger partial charge on any atom is -0.508 e. The Morgan fingerprint density at radius 2 is 1.26 bits per heavy atom. The predicted molar refractivity (Wildman–Crippen MR) is 137 cm³/mol. The van der Waals surface area contributed by atoms with Crippen molar-refractivity contribution in [1.82, 2.24) is 0 Å². The van der Waals surface area contributed by atoms with Gasteiger partial charge in [0.1, 0.15) is 11.5 Å². The molecule has 0 unspecified atom stereocenters. The Morgan fingerprint density at radius 3 is 1.65 bits per heavy atom. The summed E-state index contributed by atoms with van der Waals surface area (Å²) in [6, 6.07) is 14.3. The lowest BCUT2D eigenvalue weighted by molar-refractivity contribution is -0.140. The second-order valence-electron chi connectivity index (χ2n) is 8.61. The van der Waals surface area contributed by atoms with Gasteiger partial charge in [0.25, 0.3) is 0 Å². The number of hydrogen-bond donors (Lipinski definition) is 2. The molecule has 0 saturated heterocycles. The van der Waals surface area contributed by atoms with Crippen LogP contribution in [0.15, 0.2) is 102 Å². The van der Waals surface area contributed by atoms with Crippen molar-refractivity contribution in [3.05, 3.63) is 113 Å². The summed E-state index contributed by atoms with van der Waals surface area (Å²) >= 11 is 0. The van der Waals surface area contributed by atoms with Crippen LogP contribution in [0.2, 0.25) is 0 Å². The average molecular weight is 457 g/mol. The number of carbonyl (C=O) groups excluding carboxylic acids is 1. The van der Waals surface area contributed by atoms with Gasteiger partial charge in [0.05, 0.1) is 7.11 Å². The number of esters is 1. The lowest BCUT2D eigenvalue weighted by Gasteiger charge is -2.15. The molecule has 4 rings (SSSR count). The van der Waals surface area contributed by atoms with Gasteiger partial charge in [0.2, 0.25) is 0 Å². The fraction of sp³-hybridized carbons (Fsp3) is 0.233. The van der Waals surface area contributed by atoms with Crippen LogP contribution in [0, 0.1) is 0 Å². The van der Waals surface area contributed by atoms with Crippen molar-refractivity contribution < 1.29 is 19.7 Å². The van der Waals surface area contributed by atoms with Crippen LogP contribution in [0.1, 0.15) is 49.7 Å². The molecule has 0 bridgehead atoms. The van der Waals surface area contributed by atoms with Crippen molar-refractivity contribution in [2.45, 2.75) is 38.5 Å². The first-order valence-corrected chi connectivity index (χ1v) is 11.4. The number of hydrogen-bond acceptors (Lipinski definition) is 4. The molecule has 176 valence electrons. The van der Waals surface area contributed by atoms with E-state index in [1.54, 1.807) is 24.3 Å². The lowest BCUT2D eigenvalue weighted by atomic mass is 9.90. The first-order valence-electron chi connectivity index (χ1n) is 11.4. The number of phenolic OH excluding ortho intramolecular Hbond substituents is 2. The van der Waals surface area contributed by atoms with Gasteiger partial charge >= 0.3 is 5.97 Å². The maximum absolute atomic E-state index is 11.4. The Kier molecular flexibility index (Phi) is 8.31. The zero-order valence-electron chi connectivity index (χ0n) is 19.8. The molecule has 4 heteroatoms. The highest BCUT2D eigenvalue weighted by Gasteiger charge is 2.20. The molecule has 2 saturated carbocycles. The van der Waals surface area contributed by atoms with Crippen molar-refractivity contribution in [1.29, 1.82) is 0 Å². The van der Waals surface area contributed by atoms with Gasteiger partial charge in [-0.15, -0.1) is 0 Å². The fourth-order valence-corrected chi connectivity index (χ4v) is 3.51. The molecule has 2 N–H and O–H groups in total. The van der Waals surface area contributed by atoms with Gasteiger partial charge in [0.15, 0.2) is 0 Å². The molecule has 2 aromatic rings. The topological polar surface area (TPSA) is 66.8 Å². The van der Waals surface area contributed by atoms with E-state index >= 15 is 0 Å². The Bertz CT molecular complexity index is 1090. The van der Waals surface area contributed by atoms with Gasteiger partial charge in [-0.3, -0.25) is 4.79 Å². The smallest absolute Gasteiger partial charge is 0.305 e. The lowest BCUT2D eigenvalue weighted by Crippen LogP contribution is -2.00. The SMILES string of the molecule is C=C1C/C1=C\C(CCCCC(=O)OC)=C(c1ccc(O)cc1)c1ccc(O)cc1.C=C1CC1=C. The number of aromatic hydroxyl groups is 2. The summed E-state index contributed by atoms with van der Waals surface area (Å²) in [5.74, 6) is 0.237. The normalized spacial score (nSPS) is 14.9. The summed E-state index contributed by atoms with van der Waals surface area (Å²) in [4.78, 5) is 11.4. The molecular formula is C30H32O4. The van der Waals surface area contributed by atoms with Gasteiger partial charge < -0.3 is 14.9 Å². The maximum Gasteiger partial charge on any atom is 0.305 e. The van der Waals surface area contributed by atoms with E-state index in [2.05, 4.69) is 25.8 Å². The van der Waals surface area contributed by atoms with Crippen molar-refractivity contribution in [3.8, 4) is 11.5 Å². The number of ether oxygens (including phenoxy) is 1. The van der Waals surface area contributed by atoms with Crippen molar-refractivity contribution >= 4 is 11.5 Å². The second kappa shape index (κ2) is 11.4. The molecule has 0 aliphatic heterocycles. The first kappa shape index (κ1) is 24.8. The molecule has 0 atom stereocenters. The molecule has 0 aromatic heterocycles. The number of allylic oxidation sites excluding steroid dienone is 6. The molecule has 2 aliphatic carbocycles. The first-order chi connectivity index (χ1) is 16.3. The number of phenols is 2. The van der Waals surface area contributed by atoms with Crippen LogP contribution < -0.4 is 0 Å². The third-order valence-electron chi connectivity index (χ3n) is 5.82. The molecule has 2 aliphatic rings. The van der Waals surface area contributed by atoms with Crippen LogP contribution in [0.25, 0.3) is 5.57 Å². The molecule has 2 fully saturated rings. The van der Waals surface area contributed by atoms with Crippen molar-refractivity contribution in [2.75, 3.05) is 7.11 Å². The van der Waals surface area contributed by atoms with Crippen molar-refractivity contribution in [3.63, 3.8) is 0 Å². The number of carbonyl (C=O) groups is 1. The summed E-state index contributed by atoms with van der Waals surface area (Å²) < 4.78 is 4.73. The fourth-order valence-electron chi connectivity index (χ4n) is 3.51. The Morgan fingerprint density at radius 1 is 0.824 bits per heavy atom. The summed E-state index contributed by atoms with van der Waals surface area (Å²) in [5, 5.41) is 19.4. The summed E-state index contributed by atoms with van der Waals surface area (Å²) in [7, 11) is 1.41. The zero-order chi connectivity index (χ0) is 24.7. The van der Waals surface area contributed by atoms with E-state index in [-0.39, 0.29) is 17.5 Å². The maximum atomic E-state index is 11.4. The highest BCUT2D eigenvalue weighted by molar-refractivity contribution is 5.84. The van der Waals surface area contributed by atoms with Gasteiger partial charge in [0, 0.05) is 6.42 Å².